The molecule has 0 aliphatic heterocycles. The van der Waals surface area contributed by atoms with Gasteiger partial charge in [0.15, 0.2) is 0 Å². The summed E-state index contributed by atoms with van der Waals surface area (Å²) >= 11 is 0. The van der Waals surface area contributed by atoms with Crippen molar-refractivity contribution in [3.05, 3.63) is 0 Å². The van der Waals surface area contributed by atoms with Gasteiger partial charge in [0.25, 0.3) is 0 Å². The summed E-state index contributed by atoms with van der Waals surface area (Å²) in [5, 5.41) is 0. The Hall–Kier alpha value is 0.250. The Bertz CT molecular complexity index is 257. The molecule has 0 amide bonds. The summed E-state index contributed by atoms with van der Waals surface area (Å²) in [6.07, 6.45) is 29.0. The number of hydrogen-bond donors (Lipinski definition) is 0. The molecule has 0 spiro atoms. The molecule has 0 atom stereocenters. The molecule has 2 heteroatoms. The molecule has 0 rings (SSSR count). The highest BCUT2D eigenvalue weighted by Crippen LogP contribution is 2.14. The number of halogens is 1. The summed E-state index contributed by atoms with van der Waals surface area (Å²) in [6.45, 7) is 10.8. The Kier molecular flexibility index (Phi) is 29.6. The van der Waals surface area contributed by atoms with E-state index in [1.165, 1.54) is 148 Å². The van der Waals surface area contributed by atoms with E-state index >= 15 is 0 Å². The molecule has 0 saturated carbocycles. The molecular weight excluding hydrogens is 362 g/mol. The molecule has 0 aliphatic carbocycles. The largest absolute Gasteiger partial charge is 0.304 e. The van der Waals surface area contributed by atoms with Crippen LogP contribution in [-0.2, 0) is 0 Å². The summed E-state index contributed by atoms with van der Waals surface area (Å²) in [5.41, 5.74) is 0. The van der Waals surface area contributed by atoms with Crippen LogP contribution in [0.4, 0.5) is 0 Å². The second-order valence-electron chi connectivity index (χ2n) is 8.80. The normalized spacial score (nSPS) is 11.1. The molecule has 0 bridgehead atoms. The molecule has 28 heavy (non-hydrogen) atoms. The first kappa shape index (κ1) is 30.4. The molecule has 0 aliphatic rings. The average molecular weight is 418 g/mol. The van der Waals surface area contributed by atoms with Crippen molar-refractivity contribution in [1.82, 2.24) is 4.90 Å². The van der Waals surface area contributed by atoms with Crippen LogP contribution < -0.4 is 0 Å². The number of nitrogens with zero attached hydrogens (tertiary/aromatic N) is 1. The van der Waals surface area contributed by atoms with Crippen molar-refractivity contribution in [2.24, 2.45) is 0 Å². The Labute approximate surface area is 186 Å². The van der Waals surface area contributed by atoms with Gasteiger partial charge in [0.1, 0.15) is 0 Å². The van der Waals surface area contributed by atoms with Crippen LogP contribution in [0.2, 0.25) is 0 Å². The van der Waals surface area contributed by atoms with Crippen molar-refractivity contribution in [3.63, 3.8) is 0 Å². The zero-order chi connectivity index (χ0) is 19.8. The SMILES string of the molecule is CCCCCCCCCCCCCCCCCCN(CC)CCCCCC.Cl. The van der Waals surface area contributed by atoms with Crippen LogP contribution in [0.25, 0.3) is 0 Å². The van der Waals surface area contributed by atoms with E-state index in [9.17, 15) is 0 Å². The highest BCUT2D eigenvalue weighted by Gasteiger charge is 2.01. The third kappa shape index (κ3) is 24.3. The quantitative estimate of drug-likeness (QED) is 0.149. The smallest absolute Gasteiger partial charge is 0.00189 e. The monoisotopic (exact) mass is 417 g/mol. The summed E-state index contributed by atoms with van der Waals surface area (Å²) in [6, 6.07) is 0. The van der Waals surface area contributed by atoms with E-state index in [1.54, 1.807) is 0 Å². The first-order valence-electron chi connectivity index (χ1n) is 13.1. The number of rotatable bonds is 23. The maximum atomic E-state index is 2.67. The summed E-state index contributed by atoms with van der Waals surface area (Å²) in [5.74, 6) is 0. The molecule has 0 aromatic heterocycles. The lowest BCUT2D eigenvalue weighted by molar-refractivity contribution is 0.273. The zero-order valence-corrected chi connectivity index (χ0v) is 20.9. The van der Waals surface area contributed by atoms with Crippen LogP contribution >= 0.6 is 12.4 Å². The lowest BCUT2D eigenvalue weighted by atomic mass is 10.0. The van der Waals surface area contributed by atoms with E-state index in [0.29, 0.717) is 0 Å². The maximum absolute atomic E-state index is 2.67. The molecule has 0 heterocycles. The lowest BCUT2D eigenvalue weighted by Crippen LogP contribution is -2.25. The van der Waals surface area contributed by atoms with Gasteiger partial charge in [0.05, 0.1) is 0 Å². The van der Waals surface area contributed by atoms with E-state index in [0.717, 1.165) is 0 Å². The fourth-order valence-electron chi connectivity index (χ4n) is 4.07. The van der Waals surface area contributed by atoms with E-state index in [4.69, 9.17) is 0 Å². The van der Waals surface area contributed by atoms with Gasteiger partial charge in [-0.2, -0.15) is 0 Å². The molecular formula is C26H56ClN. The van der Waals surface area contributed by atoms with Gasteiger partial charge in [-0.3, -0.25) is 0 Å². The van der Waals surface area contributed by atoms with E-state index in [-0.39, 0.29) is 12.4 Å². The molecule has 0 radical (unpaired) electrons. The number of hydrogen-bond acceptors (Lipinski definition) is 1. The lowest BCUT2D eigenvalue weighted by Gasteiger charge is -2.20. The fraction of sp³-hybridized carbons (Fsp3) is 1.00. The van der Waals surface area contributed by atoms with Gasteiger partial charge in [-0.15, -0.1) is 12.4 Å². The Morgan fingerprint density at radius 2 is 0.607 bits per heavy atom. The molecule has 0 aromatic carbocycles. The van der Waals surface area contributed by atoms with E-state index < -0.39 is 0 Å². The third-order valence-electron chi connectivity index (χ3n) is 6.10. The van der Waals surface area contributed by atoms with Crippen LogP contribution in [0.5, 0.6) is 0 Å². The Balaban J connectivity index is 0. The zero-order valence-electron chi connectivity index (χ0n) is 20.1. The van der Waals surface area contributed by atoms with Crippen LogP contribution in [-0.4, -0.2) is 24.5 Å². The van der Waals surface area contributed by atoms with Gasteiger partial charge in [0, 0.05) is 0 Å². The molecule has 0 unspecified atom stereocenters. The van der Waals surface area contributed by atoms with E-state index in [1.807, 2.05) is 0 Å². The van der Waals surface area contributed by atoms with Crippen LogP contribution in [0.3, 0.4) is 0 Å². The van der Waals surface area contributed by atoms with Crippen LogP contribution in [0.1, 0.15) is 149 Å². The molecule has 0 saturated heterocycles. The van der Waals surface area contributed by atoms with Crippen molar-refractivity contribution in [2.45, 2.75) is 149 Å². The Morgan fingerprint density at radius 3 is 0.893 bits per heavy atom. The highest BCUT2D eigenvalue weighted by molar-refractivity contribution is 5.85. The van der Waals surface area contributed by atoms with Crippen molar-refractivity contribution < 1.29 is 0 Å². The molecule has 0 fully saturated rings. The van der Waals surface area contributed by atoms with Gasteiger partial charge in [-0.25, -0.2) is 0 Å². The van der Waals surface area contributed by atoms with Crippen molar-refractivity contribution in [2.75, 3.05) is 19.6 Å². The molecule has 0 aromatic rings. The third-order valence-corrected chi connectivity index (χ3v) is 6.10. The Morgan fingerprint density at radius 1 is 0.357 bits per heavy atom. The number of unbranched alkanes of at least 4 members (excludes halogenated alkanes) is 18. The second kappa shape index (κ2) is 27.2. The summed E-state index contributed by atoms with van der Waals surface area (Å²) in [7, 11) is 0. The standard InChI is InChI=1S/C26H55N.ClH/c1-4-7-9-11-12-13-14-15-16-17-18-19-20-21-22-24-26-27(6-3)25-23-10-8-5-2;/h4-26H2,1-3H3;1H. The van der Waals surface area contributed by atoms with Gasteiger partial charge in [-0.05, 0) is 32.5 Å². The first-order chi connectivity index (χ1) is 13.3. The van der Waals surface area contributed by atoms with Crippen molar-refractivity contribution >= 4 is 12.4 Å². The molecule has 172 valence electrons. The predicted molar refractivity (Wildman–Crippen MR) is 133 cm³/mol. The fourth-order valence-corrected chi connectivity index (χ4v) is 4.07. The van der Waals surface area contributed by atoms with Gasteiger partial charge < -0.3 is 4.90 Å². The van der Waals surface area contributed by atoms with E-state index in [2.05, 4.69) is 25.7 Å². The van der Waals surface area contributed by atoms with Gasteiger partial charge in [0.2, 0.25) is 0 Å². The maximum Gasteiger partial charge on any atom is -0.00189 e. The minimum atomic E-state index is 0. The van der Waals surface area contributed by atoms with Crippen molar-refractivity contribution in [3.8, 4) is 0 Å². The minimum absolute atomic E-state index is 0. The van der Waals surface area contributed by atoms with Crippen LogP contribution in [0, 0.1) is 0 Å². The summed E-state index contributed by atoms with van der Waals surface area (Å²) < 4.78 is 0. The topological polar surface area (TPSA) is 3.24 Å². The van der Waals surface area contributed by atoms with Gasteiger partial charge >= 0.3 is 0 Å². The highest BCUT2D eigenvalue weighted by atomic mass is 35.5. The van der Waals surface area contributed by atoms with Crippen molar-refractivity contribution in [1.29, 1.82) is 0 Å². The molecule has 0 N–H and O–H groups in total. The van der Waals surface area contributed by atoms with Gasteiger partial charge in [-0.1, -0.05) is 136 Å². The minimum Gasteiger partial charge on any atom is -0.304 e. The molecule has 1 nitrogen and oxygen atoms in total. The average Bonchev–Trinajstić information content (AvgIpc) is 2.69. The first-order valence-corrected chi connectivity index (χ1v) is 13.1. The predicted octanol–water partition coefficient (Wildman–Crippen LogP) is 9.57. The second-order valence-corrected chi connectivity index (χ2v) is 8.80. The van der Waals surface area contributed by atoms with Crippen LogP contribution in [0.15, 0.2) is 0 Å². The summed E-state index contributed by atoms with van der Waals surface area (Å²) in [4.78, 5) is 2.67.